The number of rotatable bonds is 7. The Morgan fingerprint density at radius 2 is 1.62 bits per heavy atom. The van der Waals surface area contributed by atoms with Crippen molar-refractivity contribution in [3.63, 3.8) is 0 Å². The van der Waals surface area contributed by atoms with Crippen LogP contribution in [0.25, 0.3) is 0 Å². The van der Waals surface area contributed by atoms with Crippen molar-refractivity contribution in [1.29, 1.82) is 0 Å². The van der Waals surface area contributed by atoms with Gasteiger partial charge < -0.3 is 11.5 Å². The first-order valence-electron chi connectivity index (χ1n) is 4.12. The maximum Gasteiger partial charge on any atom is 0.518 e. The van der Waals surface area contributed by atoms with Gasteiger partial charge in [-0.1, -0.05) is 6.92 Å². The number of phosphoric acid groups is 1. The molecule has 0 aromatic rings. The fourth-order valence-corrected chi connectivity index (χ4v) is 1.43. The zero-order valence-corrected chi connectivity index (χ0v) is 9.36. The first-order chi connectivity index (χ1) is 7.39. The molecule has 0 spiro atoms. The van der Waals surface area contributed by atoms with Crippen LogP contribution in [0.5, 0.6) is 0 Å². The van der Waals surface area contributed by atoms with Gasteiger partial charge in [0, 0.05) is 0 Å². The number of carbonyl (C=O) groups excluding carboxylic acids is 2. The summed E-state index contributed by atoms with van der Waals surface area (Å²) < 4.78 is 24.7. The molecular formula is C5H13N4O6P. The summed E-state index contributed by atoms with van der Waals surface area (Å²) in [7, 11) is -4.17. The van der Waals surface area contributed by atoms with E-state index < -0.39 is 19.9 Å². The van der Waals surface area contributed by atoms with Gasteiger partial charge in [0.1, 0.15) is 0 Å². The van der Waals surface area contributed by atoms with Gasteiger partial charge in [0.15, 0.2) is 0 Å². The number of urea groups is 2. The Labute approximate surface area is 91.1 Å². The van der Waals surface area contributed by atoms with E-state index in [0.29, 0.717) is 6.42 Å². The van der Waals surface area contributed by atoms with Crippen LogP contribution in [0.4, 0.5) is 9.59 Å². The molecular weight excluding hydrogens is 243 g/mol. The lowest BCUT2D eigenvalue weighted by Gasteiger charge is -2.15. The molecule has 0 bridgehead atoms. The van der Waals surface area contributed by atoms with Crippen molar-refractivity contribution < 1.29 is 27.9 Å². The molecule has 16 heavy (non-hydrogen) atoms. The van der Waals surface area contributed by atoms with Crippen molar-refractivity contribution >= 4 is 19.9 Å². The molecule has 0 radical (unpaired) electrons. The lowest BCUT2D eigenvalue weighted by molar-refractivity contribution is 0.0599. The van der Waals surface area contributed by atoms with Crippen LogP contribution < -0.4 is 22.4 Å². The summed E-state index contributed by atoms with van der Waals surface area (Å²) >= 11 is 0. The molecule has 0 fully saturated rings. The van der Waals surface area contributed by atoms with E-state index in [4.69, 9.17) is 0 Å². The number of carbonyl (C=O) groups is 2. The minimum atomic E-state index is -4.17. The normalized spacial score (nSPS) is 10.8. The van der Waals surface area contributed by atoms with E-state index in [-0.39, 0.29) is 6.61 Å². The van der Waals surface area contributed by atoms with Gasteiger partial charge in [0.2, 0.25) is 0 Å². The van der Waals surface area contributed by atoms with E-state index in [1.54, 1.807) is 17.9 Å². The van der Waals surface area contributed by atoms with Crippen molar-refractivity contribution in [2.75, 3.05) is 6.61 Å². The predicted octanol–water partition coefficient (Wildman–Crippen LogP) is -0.279. The summed E-state index contributed by atoms with van der Waals surface area (Å²) in [4.78, 5) is 20.6. The van der Waals surface area contributed by atoms with Crippen LogP contribution in [0.1, 0.15) is 13.3 Å². The monoisotopic (exact) mass is 256 g/mol. The average molecular weight is 256 g/mol. The molecule has 0 aromatic carbocycles. The Hall–Kier alpha value is -1.35. The standard InChI is InChI=1S/C5H13N4O6P/c1-2-3-13-16(12,14-8-4(6)10)15-9-5(7)11/h2-3H2,1H3,(H3,6,8,10)(H3,7,9,11). The van der Waals surface area contributed by atoms with Gasteiger partial charge in [-0.15, -0.1) is 0 Å². The molecule has 0 saturated carbocycles. The molecule has 94 valence electrons. The first kappa shape index (κ1) is 14.6. The molecule has 0 rings (SSSR count). The zero-order valence-electron chi connectivity index (χ0n) is 8.47. The number of primary amides is 2. The van der Waals surface area contributed by atoms with Crippen molar-refractivity contribution in [3.8, 4) is 0 Å². The SMILES string of the molecule is CCCOP(=O)(ONC(N)=O)ONC(N)=O. The zero-order chi connectivity index (χ0) is 12.6. The summed E-state index contributed by atoms with van der Waals surface area (Å²) in [6, 6.07) is -2.22. The highest BCUT2D eigenvalue weighted by molar-refractivity contribution is 7.48. The third-order valence-corrected chi connectivity index (χ3v) is 2.10. The van der Waals surface area contributed by atoms with Crippen molar-refractivity contribution in [1.82, 2.24) is 11.0 Å². The molecule has 0 atom stereocenters. The molecule has 0 aliphatic carbocycles. The lowest BCUT2D eigenvalue weighted by Crippen LogP contribution is -2.32. The van der Waals surface area contributed by atoms with E-state index in [0.717, 1.165) is 0 Å². The molecule has 0 heterocycles. The first-order valence-corrected chi connectivity index (χ1v) is 5.58. The minimum Gasteiger partial charge on any atom is -0.350 e. The van der Waals surface area contributed by atoms with E-state index in [1.165, 1.54) is 0 Å². The number of amides is 4. The second-order valence-corrected chi connectivity index (χ2v) is 3.91. The molecule has 0 unspecified atom stereocenters. The smallest absolute Gasteiger partial charge is 0.350 e. The van der Waals surface area contributed by atoms with Gasteiger partial charge in [-0.3, -0.25) is 4.52 Å². The van der Waals surface area contributed by atoms with Gasteiger partial charge in [-0.25, -0.2) is 25.1 Å². The lowest BCUT2D eigenvalue weighted by atomic mass is 10.5. The highest BCUT2D eigenvalue weighted by Gasteiger charge is 2.29. The molecule has 0 aromatic heterocycles. The molecule has 10 nitrogen and oxygen atoms in total. The molecule has 11 heteroatoms. The number of hydrogen-bond donors (Lipinski definition) is 4. The maximum absolute atomic E-state index is 11.6. The summed E-state index contributed by atoms with van der Waals surface area (Å²) in [6.07, 6.45) is 0.504. The summed E-state index contributed by atoms with van der Waals surface area (Å²) in [5.74, 6) is 0. The second-order valence-electron chi connectivity index (χ2n) is 2.40. The number of nitrogens with two attached hydrogens (primary N) is 2. The van der Waals surface area contributed by atoms with E-state index in [2.05, 4.69) is 25.2 Å². The largest absolute Gasteiger partial charge is 0.518 e. The third-order valence-electron chi connectivity index (χ3n) is 0.970. The Kier molecular flexibility index (Phi) is 6.42. The predicted molar refractivity (Wildman–Crippen MR) is 51.5 cm³/mol. The number of nitrogens with one attached hydrogen (secondary N) is 2. The van der Waals surface area contributed by atoms with Gasteiger partial charge >= 0.3 is 19.9 Å². The Morgan fingerprint density at radius 3 is 1.94 bits per heavy atom. The third kappa shape index (κ3) is 7.01. The maximum atomic E-state index is 11.6. The quantitative estimate of drug-likeness (QED) is 0.362. The van der Waals surface area contributed by atoms with Crippen LogP contribution in [0.15, 0.2) is 0 Å². The number of hydroxylamine groups is 2. The van der Waals surface area contributed by atoms with Crippen LogP contribution in [-0.4, -0.2) is 18.7 Å². The van der Waals surface area contributed by atoms with Crippen LogP contribution >= 0.6 is 7.82 Å². The van der Waals surface area contributed by atoms with Gasteiger partial charge in [0.25, 0.3) is 0 Å². The highest BCUT2D eigenvalue weighted by Crippen LogP contribution is 2.47. The van der Waals surface area contributed by atoms with Crippen LogP contribution in [-0.2, 0) is 18.3 Å². The Bertz CT molecular complexity index is 275. The molecule has 0 aliphatic heterocycles. The summed E-state index contributed by atoms with van der Waals surface area (Å²) in [5.41, 5.74) is 12.4. The average Bonchev–Trinajstić information content (AvgIpc) is 2.21. The fourth-order valence-electron chi connectivity index (χ4n) is 0.476. The van der Waals surface area contributed by atoms with Crippen molar-refractivity contribution in [3.05, 3.63) is 0 Å². The second kappa shape index (κ2) is 7.01. The molecule has 6 N–H and O–H groups in total. The van der Waals surface area contributed by atoms with Crippen LogP contribution in [0, 0.1) is 0 Å². The molecule has 0 aliphatic rings. The minimum absolute atomic E-state index is 0.0121. The Morgan fingerprint density at radius 1 is 1.19 bits per heavy atom. The van der Waals surface area contributed by atoms with E-state index in [9.17, 15) is 14.2 Å². The van der Waals surface area contributed by atoms with E-state index in [1.807, 2.05) is 0 Å². The number of hydrogen-bond acceptors (Lipinski definition) is 6. The summed E-state index contributed by atoms with van der Waals surface area (Å²) in [6.45, 7) is 1.74. The topological polar surface area (TPSA) is 155 Å². The van der Waals surface area contributed by atoms with Crippen molar-refractivity contribution in [2.45, 2.75) is 13.3 Å². The molecule has 0 saturated heterocycles. The Balaban J connectivity index is 4.29. The van der Waals surface area contributed by atoms with Gasteiger partial charge in [0.05, 0.1) is 6.61 Å². The van der Waals surface area contributed by atoms with Gasteiger partial charge in [-0.05, 0) is 6.42 Å². The van der Waals surface area contributed by atoms with E-state index >= 15 is 0 Å². The van der Waals surface area contributed by atoms with Gasteiger partial charge in [-0.2, -0.15) is 9.25 Å². The van der Waals surface area contributed by atoms with Crippen LogP contribution in [0.3, 0.4) is 0 Å². The molecule has 4 amide bonds. The summed E-state index contributed by atoms with van der Waals surface area (Å²) in [5, 5.41) is 0. The highest BCUT2D eigenvalue weighted by atomic mass is 31.2. The van der Waals surface area contributed by atoms with Crippen LogP contribution in [0.2, 0.25) is 0 Å². The fraction of sp³-hybridized carbons (Fsp3) is 0.600. The van der Waals surface area contributed by atoms with Crippen molar-refractivity contribution in [2.24, 2.45) is 11.5 Å².